The fourth-order valence-corrected chi connectivity index (χ4v) is 5.16. The SMILES string of the molecule is NCCN(N)CC12CC3CC(CC(C3)C1)C2. The maximum absolute atomic E-state index is 6.06. The Morgan fingerprint density at radius 2 is 1.50 bits per heavy atom. The highest BCUT2D eigenvalue weighted by molar-refractivity contribution is 5.02. The minimum atomic E-state index is 0.568. The lowest BCUT2D eigenvalue weighted by molar-refractivity contribution is -0.0690. The standard InChI is InChI=1S/C13H25N3/c14-1-2-16(15)9-13-6-10-3-11(7-13)5-12(4-10)8-13/h10-12H,1-9,14-15H2. The molecule has 0 saturated heterocycles. The molecule has 0 unspecified atom stereocenters. The Balaban J connectivity index is 1.68. The van der Waals surface area contributed by atoms with Gasteiger partial charge in [0.2, 0.25) is 0 Å². The smallest absolute Gasteiger partial charge is 0.0251 e. The lowest BCUT2D eigenvalue weighted by atomic mass is 9.49. The number of hydrogen-bond donors (Lipinski definition) is 2. The van der Waals surface area contributed by atoms with Crippen molar-refractivity contribution in [3.05, 3.63) is 0 Å². The summed E-state index contributed by atoms with van der Waals surface area (Å²) >= 11 is 0. The molecule has 4 N–H and O–H groups in total. The molecule has 4 bridgehead atoms. The average molecular weight is 223 g/mol. The van der Waals surface area contributed by atoms with Crippen LogP contribution in [0, 0.1) is 23.2 Å². The fraction of sp³-hybridized carbons (Fsp3) is 1.00. The van der Waals surface area contributed by atoms with Crippen LogP contribution in [-0.2, 0) is 0 Å². The highest BCUT2D eigenvalue weighted by atomic mass is 15.4. The third-order valence-corrected chi connectivity index (χ3v) is 5.12. The third-order valence-electron chi connectivity index (χ3n) is 5.12. The zero-order chi connectivity index (χ0) is 11.2. The second-order valence-corrected chi connectivity index (χ2v) is 6.68. The Bertz CT molecular complexity index is 229. The first kappa shape index (κ1) is 11.0. The normalized spacial score (nSPS) is 45.6. The lowest BCUT2D eigenvalue weighted by Gasteiger charge is -2.57. The van der Waals surface area contributed by atoms with Gasteiger partial charge in [0.1, 0.15) is 0 Å². The molecular formula is C13H25N3. The Hall–Kier alpha value is -0.120. The molecule has 4 aliphatic carbocycles. The number of nitrogens with zero attached hydrogens (tertiary/aromatic N) is 1. The van der Waals surface area contributed by atoms with Crippen molar-refractivity contribution in [1.29, 1.82) is 0 Å². The molecule has 4 rings (SSSR count). The van der Waals surface area contributed by atoms with Gasteiger partial charge in [0.05, 0.1) is 0 Å². The highest BCUT2D eigenvalue weighted by Gasteiger charge is 2.50. The van der Waals surface area contributed by atoms with Crippen LogP contribution in [0.3, 0.4) is 0 Å². The summed E-state index contributed by atoms with van der Waals surface area (Å²) < 4.78 is 0. The van der Waals surface area contributed by atoms with Crippen LogP contribution in [0.1, 0.15) is 38.5 Å². The summed E-state index contributed by atoms with van der Waals surface area (Å²) in [5, 5.41) is 1.98. The molecule has 4 fully saturated rings. The minimum Gasteiger partial charge on any atom is -0.329 e. The van der Waals surface area contributed by atoms with Crippen molar-refractivity contribution in [3.8, 4) is 0 Å². The molecule has 0 aromatic rings. The van der Waals surface area contributed by atoms with Crippen molar-refractivity contribution in [2.45, 2.75) is 38.5 Å². The topological polar surface area (TPSA) is 55.3 Å². The summed E-state index contributed by atoms with van der Waals surface area (Å²) in [5.41, 5.74) is 6.14. The van der Waals surface area contributed by atoms with Crippen molar-refractivity contribution in [2.75, 3.05) is 19.6 Å². The van der Waals surface area contributed by atoms with Crippen LogP contribution in [0.15, 0.2) is 0 Å². The zero-order valence-electron chi connectivity index (χ0n) is 10.2. The number of nitrogens with two attached hydrogens (primary N) is 2. The molecule has 0 spiro atoms. The van der Waals surface area contributed by atoms with Gasteiger partial charge in [-0.2, -0.15) is 0 Å². The maximum Gasteiger partial charge on any atom is 0.0251 e. The van der Waals surface area contributed by atoms with Crippen molar-refractivity contribution >= 4 is 0 Å². The van der Waals surface area contributed by atoms with Gasteiger partial charge in [-0.1, -0.05) is 0 Å². The summed E-state index contributed by atoms with van der Waals surface area (Å²) in [6, 6.07) is 0. The Morgan fingerprint density at radius 1 is 1.00 bits per heavy atom. The second-order valence-electron chi connectivity index (χ2n) is 6.68. The van der Waals surface area contributed by atoms with Crippen LogP contribution >= 0.6 is 0 Å². The van der Waals surface area contributed by atoms with Gasteiger partial charge in [0, 0.05) is 19.6 Å². The van der Waals surface area contributed by atoms with Crippen LogP contribution in [0.2, 0.25) is 0 Å². The van der Waals surface area contributed by atoms with E-state index in [4.69, 9.17) is 11.6 Å². The van der Waals surface area contributed by atoms with E-state index in [9.17, 15) is 0 Å². The molecule has 92 valence electrons. The van der Waals surface area contributed by atoms with E-state index in [1.807, 2.05) is 5.01 Å². The molecule has 0 aromatic carbocycles. The van der Waals surface area contributed by atoms with Gasteiger partial charge in [0.15, 0.2) is 0 Å². The van der Waals surface area contributed by atoms with Gasteiger partial charge < -0.3 is 5.73 Å². The zero-order valence-corrected chi connectivity index (χ0v) is 10.2. The first-order valence-electron chi connectivity index (χ1n) is 6.89. The molecular weight excluding hydrogens is 198 g/mol. The predicted molar refractivity (Wildman–Crippen MR) is 65.4 cm³/mol. The van der Waals surface area contributed by atoms with E-state index in [1.165, 1.54) is 38.5 Å². The van der Waals surface area contributed by atoms with E-state index >= 15 is 0 Å². The van der Waals surface area contributed by atoms with Crippen LogP contribution in [0.5, 0.6) is 0 Å². The molecule has 16 heavy (non-hydrogen) atoms. The summed E-state index contributed by atoms with van der Waals surface area (Å²) in [5.74, 6) is 9.14. The molecule has 4 saturated carbocycles. The average Bonchev–Trinajstić information content (AvgIpc) is 2.13. The van der Waals surface area contributed by atoms with Gasteiger partial charge in [-0.05, 0) is 61.7 Å². The van der Waals surface area contributed by atoms with E-state index < -0.39 is 0 Å². The second kappa shape index (κ2) is 3.97. The molecule has 3 heteroatoms. The first-order valence-corrected chi connectivity index (χ1v) is 6.89. The molecule has 0 amide bonds. The van der Waals surface area contributed by atoms with E-state index in [-0.39, 0.29) is 0 Å². The van der Waals surface area contributed by atoms with Crippen LogP contribution in [0.4, 0.5) is 0 Å². The molecule has 3 nitrogen and oxygen atoms in total. The minimum absolute atomic E-state index is 0.568. The Kier molecular flexibility index (Phi) is 2.73. The summed E-state index contributed by atoms with van der Waals surface area (Å²) in [7, 11) is 0. The van der Waals surface area contributed by atoms with E-state index in [2.05, 4.69) is 0 Å². The van der Waals surface area contributed by atoms with Crippen LogP contribution < -0.4 is 11.6 Å². The highest BCUT2D eigenvalue weighted by Crippen LogP contribution is 2.59. The monoisotopic (exact) mass is 223 g/mol. The summed E-state index contributed by atoms with van der Waals surface area (Å²) in [6.07, 6.45) is 8.87. The molecule has 0 aromatic heterocycles. The van der Waals surface area contributed by atoms with Gasteiger partial charge in [-0.25, -0.2) is 5.01 Å². The number of hydrogen-bond acceptors (Lipinski definition) is 3. The Labute approximate surface area is 98.5 Å². The molecule has 0 radical (unpaired) electrons. The van der Waals surface area contributed by atoms with Gasteiger partial charge in [-0.15, -0.1) is 0 Å². The third kappa shape index (κ3) is 1.89. The molecule has 0 aliphatic heterocycles. The largest absolute Gasteiger partial charge is 0.329 e. The number of hydrazine groups is 1. The predicted octanol–water partition coefficient (Wildman–Crippen LogP) is 1.34. The number of rotatable bonds is 4. The fourth-order valence-electron chi connectivity index (χ4n) is 5.16. The molecule has 0 heterocycles. The van der Waals surface area contributed by atoms with Crippen molar-refractivity contribution < 1.29 is 0 Å². The van der Waals surface area contributed by atoms with Gasteiger partial charge >= 0.3 is 0 Å². The van der Waals surface area contributed by atoms with Gasteiger partial charge in [0.25, 0.3) is 0 Å². The summed E-state index contributed by atoms with van der Waals surface area (Å²) in [6.45, 7) is 2.62. The van der Waals surface area contributed by atoms with Crippen molar-refractivity contribution in [3.63, 3.8) is 0 Å². The van der Waals surface area contributed by atoms with E-state index in [1.54, 1.807) is 0 Å². The summed E-state index contributed by atoms with van der Waals surface area (Å²) in [4.78, 5) is 0. The van der Waals surface area contributed by atoms with Crippen molar-refractivity contribution in [2.24, 2.45) is 34.7 Å². The Morgan fingerprint density at radius 3 is 1.94 bits per heavy atom. The van der Waals surface area contributed by atoms with Crippen LogP contribution in [-0.4, -0.2) is 24.6 Å². The first-order chi connectivity index (χ1) is 7.69. The van der Waals surface area contributed by atoms with Crippen molar-refractivity contribution in [1.82, 2.24) is 5.01 Å². The van der Waals surface area contributed by atoms with E-state index in [0.29, 0.717) is 12.0 Å². The van der Waals surface area contributed by atoms with E-state index in [0.717, 1.165) is 30.8 Å². The lowest BCUT2D eigenvalue weighted by Crippen LogP contribution is -2.53. The molecule has 0 atom stereocenters. The molecule has 4 aliphatic rings. The maximum atomic E-state index is 6.06. The van der Waals surface area contributed by atoms with Gasteiger partial charge in [-0.3, -0.25) is 5.84 Å². The quantitative estimate of drug-likeness (QED) is 0.558. The van der Waals surface area contributed by atoms with Crippen LogP contribution in [0.25, 0.3) is 0 Å².